The molecule has 7 heteroatoms. The van der Waals surface area contributed by atoms with Crippen LogP contribution in [0, 0.1) is 6.92 Å². The number of aromatic nitrogens is 4. The van der Waals surface area contributed by atoms with Crippen LogP contribution >= 0.6 is 0 Å². The molecule has 0 aliphatic carbocycles. The van der Waals surface area contributed by atoms with E-state index in [1.54, 1.807) is 6.92 Å². The minimum absolute atomic E-state index is 0.399. The maximum Gasteiger partial charge on any atom is 0.257 e. The quantitative estimate of drug-likeness (QED) is 0.787. The molecule has 0 fully saturated rings. The average Bonchev–Trinajstić information content (AvgIpc) is 3.10. The maximum absolute atomic E-state index is 5.39. The average molecular weight is 311 g/mol. The van der Waals surface area contributed by atoms with E-state index in [0.717, 1.165) is 31.5 Å². The second-order valence-corrected chi connectivity index (χ2v) is 5.66. The van der Waals surface area contributed by atoms with Crippen LogP contribution in [0.5, 0.6) is 0 Å². The summed E-state index contributed by atoms with van der Waals surface area (Å²) in [4.78, 5) is 8.59. The first-order chi connectivity index (χ1) is 11.3. The van der Waals surface area contributed by atoms with Gasteiger partial charge in [-0.25, -0.2) is 0 Å². The molecule has 2 aromatic heterocycles. The minimum atomic E-state index is 0.399. The van der Waals surface area contributed by atoms with Crippen molar-refractivity contribution in [2.45, 2.75) is 26.2 Å². The zero-order valence-electron chi connectivity index (χ0n) is 12.9. The van der Waals surface area contributed by atoms with Gasteiger partial charge < -0.3 is 14.4 Å². The molecule has 7 nitrogen and oxygen atoms in total. The number of hydrogen-bond acceptors (Lipinski definition) is 7. The second kappa shape index (κ2) is 5.92. The van der Waals surface area contributed by atoms with E-state index in [0.29, 0.717) is 29.9 Å². The van der Waals surface area contributed by atoms with Gasteiger partial charge in [0, 0.05) is 12.5 Å². The van der Waals surface area contributed by atoms with E-state index in [4.69, 9.17) is 9.05 Å². The number of nitrogens with one attached hydrogen (secondary N) is 1. The first kappa shape index (κ1) is 14.1. The molecule has 1 aromatic carbocycles. The maximum atomic E-state index is 5.39. The van der Waals surface area contributed by atoms with Crippen molar-refractivity contribution in [2.75, 3.05) is 13.1 Å². The second-order valence-electron chi connectivity index (χ2n) is 5.66. The Morgan fingerprint density at radius 3 is 2.61 bits per heavy atom. The van der Waals surface area contributed by atoms with Crippen LogP contribution in [0.25, 0.3) is 11.5 Å². The van der Waals surface area contributed by atoms with Gasteiger partial charge in [0.2, 0.25) is 5.89 Å². The van der Waals surface area contributed by atoms with Crippen LogP contribution in [0.1, 0.15) is 28.7 Å². The number of benzene rings is 1. The van der Waals surface area contributed by atoms with Gasteiger partial charge in [-0.05, 0) is 49.2 Å². The molecule has 0 spiro atoms. The summed E-state index contributed by atoms with van der Waals surface area (Å²) >= 11 is 0. The monoisotopic (exact) mass is 311 g/mol. The van der Waals surface area contributed by atoms with Crippen LogP contribution < -0.4 is 5.32 Å². The fourth-order valence-corrected chi connectivity index (χ4v) is 2.80. The molecule has 0 amide bonds. The lowest BCUT2D eigenvalue weighted by atomic mass is 10.00. The number of fused-ring (bicyclic) bond motifs is 1. The Morgan fingerprint density at radius 1 is 1.00 bits per heavy atom. The van der Waals surface area contributed by atoms with Crippen molar-refractivity contribution in [1.82, 2.24) is 25.6 Å². The van der Waals surface area contributed by atoms with Crippen LogP contribution in [-0.4, -0.2) is 33.4 Å². The SMILES string of the molecule is Cc1nc(Cc2noc(-c3ccc4c(c3)CCNCC4)n2)no1. The lowest BCUT2D eigenvalue weighted by Gasteiger charge is -2.05. The molecule has 0 atom stereocenters. The van der Waals surface area contributed by atoms with Crippen molar-refractivity contribution >= 4 is 0 Å². The standard InChI is InChI=1S/C16H17N5O2/c1-10-18-14(20-22-10)9-15-19-16(23-21-15)13-3-2-11-4-6-17-7-5-12(11)8-13/h2-3,8,17H,4-7,9H2,1H3. The molecule has 1 aliphatic heterocycles. The fourth-order valence-electron chi connectivity index (χ4n) is 2.80. The summed E-state index contributed by atoms with van der Waals surface area (Å²) in [6.45, 7) is 3.78. The van der Waals surface area contributed by atoms with Crippen LogP contribution in [0.3, 0.4) is 0 Å². The fraction of sp³-hybridized carbons (Fsp3) is 0.375. The van der Waals surface area contributed by atoms with E-state index in [9.17, 15) is 0 Å². The van der Waals surface area contributed by atoms with Gasteiger partial charge in [0.25, 0.3) is 5.89 Å². The summed E-state index contributed by atoms with van der Waals surface area (Å²) in [5.41, 5.74) is 3.69. The largest absolute Gasteiger partial charge is 0.340 e. The minimum Gasteiger partial charge on any atom is -0.340 e. The van der Waals surface area contributed by atoms with E-state index in [2.05, 4.69) is 37.7 Å². The third-order valence-electron chi connectivity index (χ3n) is 3.95. The van der Waals surface area contributed by atoms with Gasteiger partial charge in [-0.3, -0.25) is 0 Å². The highest BCUT2D eigenvalue weighted by Crippen LogP contribution is 2.23. The summed E-state index contributed by atoms with van der Waals surface area (Å²) in [6, 6.07) is 6.35. The van der Waals surface area contributed by atoms with Gasteiger partial charge in [0.15, 0.2) is 11.6 Å². The van der Waals surface area contributed by atoms with E-state index >= 15 is 0 Å². The van der Waals surface area contributed by atoms with Crippen molar-refractivity contribution in [1.29, 1.82) is 0 Å². The number of hydrogen-bond donors (Lipinski definition) is 1. The van der Waals surface area contributed by atoms with Crippen LogP contribution in [0.15, 0.2) is 27.2 Å². The number of rotatable bonds is 3. The van der Waals surface area contributed by atoms with E-state index < -0.39 is 0 Å². The lowest BCUT2D eigenvalue weighted by Crippen LogP contribution is -2.16. The van der Waals surface area contributed by atoms with E-state index in [1.165, 1.54) is 11.1 Å². The Morgan fingerprint density at radius 2 is 1.78 bits per heavy atom. The third-order valence-corrected chi connectivity index (χ3v) is 3.95. The normalized spacial score (nSPS) is 14.5. The topological polar surface area (TPSA) is 89.9 Å². The smallest absolute Gasteiger partial charge is 0.257 e. The van der Waals surface area contributed by atoms with Gasteiger partial charge in [-0.2, -0.15) is 9.97 Å². The molecule has 23 heavy (non-hydrogen) atoms. The van der Waals surface area contributed by atoms with Crippen LogP contribution in [-0.2, 0) is 19.3 Å². The number of aryl methyl sites for hydroxylation is 1. The highest BCUT2D eigenvalue weighted by molar-refractivity contribution is 5.56. The molecule has 1 aliphatic rings. The van der Waals surface area contributed by atoms with Crippen molar-refractivity contribution in [3.8, 4) is 11.5 Å². The van der Waals surface area contributed by atoms with Gasteiger partial charge in [-0.15, -0.1) is 0 Å². The molecule has 0 saturated heterocycles. The van der Waals surface area contributed by atoms with Crippen LogP contribution in [0.2, 0.25) is 0 Å². The molecule has 4 rings (SSSR count). The van der Waals surface area contributed by atoms with Crippen molar-refractivity contribution < 1.29 is 9.05 Å². The Bertz CT molecular complexity index is 823. The Hall–Kier alpha value is -2.54. The predicted octanol–water partition coefficient (Wildman–Crippen LogP) is 1.71. The molecule has 0 saturated carbocycles. The Balaban J connectivity index is 1.57. The first-order valence-electron chi connectivity index (χ1n) is 7.72. The van der Waals surface area contributed by atoms with E-state index in [1.807, 2.05) is 6.07 Å². The first-order valence-corrected chi connectivity index (χ1v) is 7.72. The van der Waals surface area contributed by atoms with Crippen molar-refractivity contribution in [3.63, 3.8) is 0 Å². The molecule has 0 bridgehead atoms. The zero-order valence-corrected chi connectivity index (χ0v) is 12.9. The molecule has 3 heterocycles. The van der Waals surface area contributed by atoms with Gasteiger partial charge in [-0.1, -0.05) is 16.4 Å². The number of nitrogens with zero attached hydrogens (tertiary/aromatic N) is 4. The molecule has 0 unspecified atom stereocenters. The molecular weight excluding hydrogens is 294 g/mol. The Labute approximate surface area is 133 Å². The summed E-state index contributed by atoms with van der Waals surface area (Å²) in [5.74, 6) is 2.17. The highest BCUT2D eigenvalue weighted by Gasteiger charge is 2.14. The summed E-state index contributed by atoms with van der Waals surface area (Å²) in [7, 11) is 0. The van der Waals surface area contributed by atoms with Crippen LogP contribution in [0.4, 0.5) is 0 Å². The summed E-state index contributed by atoms with van der Waals surface area (Å²) in [6.07, 6.45) is 2.48. The molecule has 0 radical (unpaired) electrons. The Kier molecular flexibility index (Phi) is 3.63. The predicted molar refractivity (Wildman–Crippen MR) is 81.9 cm³/mol. The lowest BCUT2D eigenvalue weighted by molar-refractivity contribution is 0.387. The summed E-state index contributed by atoms with van der Waals surface area (Å²) in [5, 5.41) is 11.3. The zero-order chi connectivity index (χ0) is 15.6. The van der Waals surface area contributed by atoms with Crippen molar-refractivity contribution in [2.24, 2.45) is 0 Å². The van der Waals surface area contributed by atoms with Gasteiger partial charge in [0.1, 0.15) is 0 Å². The third kappa shape index (κ3) is 3.00. The highest BCUT2D eigenvalue weighted by atomic mass is 16.5. The van der Waals surface area contributed by atoms with Gasteiger partial charge in [0.05, 0.1) is 6.42 Å². The molecule has 118 valence electrons. The van der Waals surface area contributed by atoms with Gasteiger partial charge >= 0.3 is 0 Å². The molecular formula is C16H17N5O2. The molecule has 1 N–H and O–H groups in total. The molecule has 3 aromatic rings. The van der Waals surface area contributed by atoms with E-state index in [-0.39, 0.29) is 0 Å². The summed E-state index contributed by atoms with van der Waals surface area (Å²) < 4.78 is 10.3. The van der Waals surface area contributed by atoms with Crippen molar-refractivity contribution in [3.05, 3.63) is 46.9 Å².